The summed E-state index contributed by atoms with van der Waals surface area (Å²) in [6, 6.07) is 12.6. The van der Waals surface area contributed by atoms with Gasteiger partial charge in [0.15, 0.2) is 0 Å². The Kier molecular flexibility index (Phi) is 6.55. The maximum absolute atomic E-state index is 13.2. The van der Waals surface area contributed by atoms with Crippen LogP contribution in [0.1, 0.15) is 37.0 Å². The number of nitrogens with zero attached hydrogens (tertiary/aromatic N) is 2. The normalized spacial score (nSPS) is 19.3. The third kappa shape index (κ3) is 5.50. The lowest BCUT2D eigenvalue weighted by Crippen LogP contribution is -2.46. The number of hydrogen-bond acceptors (Lipinski definition) is 5. The Hall–Kier alpha value is -2.16. The minimum absolute atomic E-state index is 0.0146. The van der Waals surface area contributed by atoms with E-state index in [-0.39, 0.29) is 30.4 Å². The highest BCUT2D eigenvalue weighted by Gasteiger charge is 2.39. The third-order valence-electron chi connectivity index (χ3n) is 5.52. The van der Waals surface area contributed by atoms with Gasteiger partial charge in [-0.05, 0) is 43.4 Å². The zero-order valence-electron chi connectivity index (χ0n) is 17.0. The first kappa shape index (κ1) is 21.1. The Balaban J connectivity index is 1.48. The quantitative estimate of drug-likeness (QED) is 0.577. The summed E-state index contributed by atoms with van der Waals surface area (Å²) in [6.07, 6.45) is 5.04. The van der Waals surface area contributed by atoms with Crippen LogP contribution in [0, 0.1) is 0 Å². The lowest BCUT2D eigenvalue weighted by molar-refractivity contribution is -0.134. The first-order valence-corrected chi connectivity index (χ1v) is 12.1. The Morgan fingerprint density at radius 3 is 2.50 bits per heavy atom. The highest BCUT2D eigenvalue weighted by Crippen LogP contribution is 2.30. The molecule has 1 aromatic heterocycles. The van der Waals surface area contributed by atoms with E-state index >= 15 is 0 Å². The molecule has 0 spiro atoms. The van der Waals surface area contributed by atoms with Crippen LogP contribution in [0.2, 0.25) is 0 Å². The van der Waals surface area contributed by atoms with Gasteiger partial charge in [-0.3, -0.25) is 4.79 Å². The Labute approximate surface area is 177 Å². The van der Waals surface area contributed by atoms with Crippen molar-refractivity contribution in [2.45, 2.75) is 50.1 Å². The standard InChI is InChI=1S/C22H28N2O5S/c25-22(23(14-20-8-4-12-28-20)15-21-9-5-13-29-21)16-24(19-10-11-19)30(26,27)17-18-6-2-1-3-7-18/h1-4,6-8,12,19,21H,5,9-11,13-17H2/t21-/m0/s1. The van der Waals surface area contributed by atoms with E-state index < -0.39 is 10.0 Å². The molecule has 2 heterocycles. The molecule has 1 aromatic carbocycles. The van der Waals surface area contributed by atoms with Crippen LogP contribution in [-0.2, 0) is 31.9 Å². The van der Waals surface area contributed by atoms with E-state index in [9.17, 15) is 13.2 Å². The number of benzene rings is 1. The summed E-state index contributed by atoms with van der Waals surface area (Å²) in [5.74, 6) is 0.360. The lowest BCUT2D eigenvalue weighted by atomic mass is 10.2. The zero-order valence-corrected chi connectivity index (χ0v) is 17.8. The lowest BCUT2D eigenvalue weighted by Gasteiger charge is -2.28. The second kappa shape index (κ2) is 9.32. The van der Waals surface area contributed by atoms with Gasteiger partial charge in [-0.25, -0.2) is 8.42 Å². The van der Waals surface area contributed by atoms with Gasteiger partial charge in [-0.2, -0.15) is 4.31 Å². The van der Waals surface area contributed by atoms with E-state index in [1.165, 1.54) is 4.31 Å². The van der Waals surface area contributed by atoms with E-state index in [0.29, 0.717) is 25.5 Å². The van der Waals surface area contributed by atoms with Crippen molar-refractivity contribution in [3.05, 3.63) is 60.1 Å². The fraction of sp³-hybridized carbons (Fsp3) is 0.500. The van der Waals surface area contributed by atoms with Crippen LogP contribution in [0.3, 0.4) is 0 Å². The zero-order chi connectivity index (χ0) is 21.0. The van der Waals surface area contributed by atoms with E-state index in [2.05, 4.69) is 0 Å². The molecule has 0 unspecified atom stereocenters. The van der Waals surface area contributed by atoms with E-state index in [1.807, 2.05) is 24.3 Å². The number of carbonyl (C=O) groups is 1. The monoisotopic (exact) mass is 432 g/mol. The topological polar surface area (TPSA) is 80.1 Å². The van der Waals surface area contributed by atoms with Crippen LogP contribution in [0.15, 0.2) is 53.1 Å². The number of furan rings is 1. The van der Waals surface area contributed by atoms with Gasteiger partial charge >= 0.3 is 0 Å². The Bertz CT molecular complexity index is 920. The maximum Gasteiger partial charge on any atom is 0.238 e. The van der Waals surface area contributed by atoms with E-state index in [4.69, 9.17) is 9.15 Å². The van der Waals surface area contributed by atoms with Gasteiger partial charge in [0.25, 0.3) is 0 Å². The Morgan fingerprint density at radius 1 is 1.07 bits per heavy atom. The van der Waals surface area contributed by atoms with Crippen molar-refractivity contribution < 1.29 is 22.4 Å². The van der Waals surface area contributed by atoms with Crippen molar-refractivity contribution in [3.8, 4) is 0 Å². The van der Waals surface area contributed by atoms with Crippen molar-refractivity contribution in [2.75, 3.05) is 19.7 Å². The summed E-state index contributed by atoms with van der Waals surface area (Å²) >= 11 is 0. The largest absolute Gasteiger partial charge is 0.467 e. The van der Waals surface area contributed by atoms with E-state index in [0.717, 1.165) is 31.2 Å². The van der Waals surface area contributed by atoms with Crippen molar-refractivity contribution in [2.24, 2.45) is 0 Å². The highest BCUT2D eigenvalue weighted by atomic mass is 32.2. The van der Waals surface area contributed by atoms with E-state index in [1.54, 1.807) is 29.4 Å². The number of ether oxygens (including phenoxy) is 1. The molecule has 4 rings (SSSR count). The van der Waals surface area contributed by atoms with Crippen molar-refractivity contribution in [3.63, 3.8) is 0 Å². The van der Waals surface area contributed by atoms with Gasteiger partial charge in [0, 0.05) is 19.2 Å². The van der Waals surface area contributed by atoms with Crippen LogP contribution < -0.4 is 0 Å². The molecule has 30 heavy (non-hydrogen) atoms. The average Bonchev–Trinajstić information content (AvgIpc) is 3.18. The van der Waals surface area contributed by atoms with Crippen LogP contribution in [-0.4, -0.2) is 55.4 Å². The summed E-state index contributed by atoms with van der Waals surface area (Å²) < 4.78 is 38.8. The number of carbonyl (C=O) groups excluding carboxylic acids is 1. The van der Waals surface area contributed by atoms with Crippen LogP contribution in [0.4, 0.5) is 0 Å². The molecule has 0 bridgehead atoms. The van der Waals surface area contributed by atoms with Gasteiger partial charge in [-0.1, -0.05) is 30.3 Å². The second-order valence-electron chi connectivity index (χ2n) is 8.01. The Morgan fingerprint density at radius 2 is 1.87 bits per heavy atom. The second-order valence-corrected chi connectivity index (χ2v) is 9.93. The minimum Gasteiger partial charge on any atom is -0.467 e. The van der Waals surface area contributed by atoms with Crippen LogP contribution in [0.5, 0.6) is 0 Å². The SMILES string of the molecule is O=C(CN(C1CC1)S(=O)(=O)Cc1ccccc1)N(Cc1ccco1)C[C@@H]1CCCO1. The molecule has 2 aromatic rings. The number of amides is 1. The summed E-state index contributed by atoms with van der Waals surface area (Å²) in [4.78, 5) is 14.9. The van der Waals surface area contributed by atoms with Gasteiger partial charge in [-0.15, -0.1) is 0 Å². The molecule has 1 aliphatic carbocycles. The van der Waals surface area contributed by atoms with Crippen LogP contribution in [0.25, 0.3) is 0 Å². The molecular formula is C22H28N2O5S. The average molecular weight is 433 g/mol. The van der Waals surface area contributed by atoms with Gasteiger partial charge in [0.1, 0.15) is 5.76 Å². The van der Waals surface area contributed by atoms with Gasteiger partial charge in [0.05, 0.1) is 31.2 Å². The number of rotatable bonds is 10. The van der Waals surface area contributed by atoms with Gasteiger partial charge in [0.2, 0.25) is 15.9 Å². The van der Waals surface area contributed by atoms with Crippen molar-refractivity contribution in [1.82, 2.24) is 9.21 Å². The maximum atomic E-state index is 13.2. The summed E-state index contributed by atoms with van der Waals surface area (Å²) in [5.41, 5.74) is 0.724. The fourth-order valence-electron chi connectivity index (χ4n) is 3.80. The molecule has 0 N–H and O–H groups in total. The summed E-state index contributed by atoms with van der Waals surface area (Å²) in [5, 5.41) is 0. The molecule has 2 aliphatic rings. The molecule has 1 aliphatic heterocycles. The third-order valence-corrected chi connectivity index (χ3v) is 7.36. The number of hydrogen-bond donors (Lipinski definition) is 0. The molecular weight excluding hydrogens is 404 g/mol. The van der Waals surface area contributed by atoms with Crippen molar-refractivity contribution >= 4 is 15.9 Å². The smallest absolute Gasteiger partial charge is 0.238 e. The predicted octanol–water partition coefficient (Wildman–Crippen LogP) is 2.78. The first-order chi connectivity index (χ1) is 14.5. The van der Waals surface area contributed by atoms with Crippen molar-refractivity contribution in [1.29, 1.82) is 0 Å². The summed E-state index contributed by atoms with van der Waals surface area (Å²) in [6.45, 7) is 1.31. The molecule has 1 saturated carbocycles. The highest BCUT2D eigenvalue weighted by molar-refractivity contribution is 7.88. The molecule has 162 valence electrons. The van der Waals surface area contributed by atoms with Gasteiger partial charge < -0.3 is 14.1 Å². The molecule has 0 radical (unpaired) electrons. The fourth-order valence-corrected chi connectivity index (χ4v) is 5.55. The predicted molar refractivity (Wildman–Crippen MR) is 112 cm³/mol. The molecule has 1 atom stereocenters. The number of sulfonamides is 1. The minimum atomic E-state index is -3.60. The van der Waals surface area contributed by atoms with Crippen LogP contribution >= 0.6 is 0 Å². The molecule has 1 amide bonds. The first-order valence-electron chi connectivity index (χ1n) is 10.5. The molecule has 1 saturated heterocycles. The molecule has 7 nitrogen and oxygen atoms in total. The molecule has 2 fully saturated rings. The summed E-state index contributed by atoms with van der Waals surface area (Å²) in [7, 11) is -3.60. The molecule has 8 heteroatoms.